The SMILES string of the molecule is CN(C)CC(C)(C)CNCc1cc(Cl)cc(Cl)c1O. The molecule has 0 fully saturated rings. The van der Waals surface area contributed by atoms with E-state index in [1.165, 1.54) is 6.07 Å². The highest BCUT2D eigenvalue weighted by atomic mass is 35.5. The van der Waals surface area contributed by atoms with Crippen LogP contribution in [0, 0.1) is 5.41 Å². The van der Waals surface area contributed by atoms with E-state index in [4.69, 9.17) is 23.2 Å². The molecule has 19 heavy (non-hydrogen) atoms. The first-order valence-corrected chi connectivity index (χ1v) is 6.99. The minimum atomic E-state index is 0.101. The van der Waals surface area contributed by atoms with Crippen molar-refractivity contribution in [2.75, 3.05) is 27.2 Å². The van der Waals surface area contributed by atoms with Crippen molar-refractivity contribution in [3.8, 4) is 5.75 Å². The van der Waals surface area contributed by atoms with E-state index in [9.17, 15) is 5.11 Å². The molecule has 5 heteroatoms. The molecule has 2 N–H and O–H groups in total. The number of phenolic OH excluding ortho intramolecular Hbond substituents is 1. The van der Waals surface area contributed by atoms with Gasteiger partial charge in [0.05, 0.1) is 5.02 Å². The van der Waals surface area contributed by atoms with Crippen molar-refractivity contribution >= 4 is 23.2 Å². The predicted octanol–water partition coefficient (Wildman–Crippen LogP) is 3.38. The van der Waals surface area contributed by atoms with Gasteiger partial charge < -0.3 is 15.3 Å². The number of halogens is 2. The van der Waals surface area contributed by atoms with E-state index in [1.54, 1.807) is 6.07 Å². The molecule has 0 heterocycles. The first kappa shape index (κ1) is 16.6. The number of benzene rings is 1. The van der Waals surface area contributed by atoms with Gasteiger partial charge in [0.2, 0.25) is 0 Å². The maximum Gasteiger partial charge on any atom is 0.138 e. The van der Waals surface area contributed by atoms with Gasteiger partial charge >= 0.3 is 0 Å². The van der Waals surface area contributed by atoms with Crippen LogP contribution in [0.2, 0.25) is 10.0 Å². The van der Waals surface area contributed by atoms with Gasteiger partial charge in [-0.05, 0) is 31.6 Å². The lowest BCUT2D eigenvalue weighted by Crippen LogP contribution is -2.37. The van der Waals surface area contributed by atoms with E-state index < -0.39 is 0 Å². The summed E-state index contributed by atoms with van der Waals surface area (Å²) in [5, 5.41) is 14.0. The molecule has 0 saturated heterocycles. The van der Waals surface area contributed by atoms with Crippen LogP contribution in [0.1, 0.15) is 19.4 Å². The molecule has 0 amide bonds. The molecule has 3 nitrogen and oxygen atoms in total. The van der Waals surface area contributed by atoms with Crippen molar-refractivity contribution in [2.45, 2.75) is 20.4 Å². The Morgan fingerprint density at radius 2 is 1.89 bits per heavy atom. The molecule has 0 aromatic heterocycles. The van der Waals surface area contributed by atoms with Crippen LogP contribution in [0.15, 0.2) is 12.1 Å². The Hall–Kier alpha value is -0.480. The second-order valence-corrected chi connectivity index (χ2v) is 6.74. The van der Waals surface area contributed by atoms with Gasteiger partial charge in [-0.3, -0.25) is 0 Å². The summed E-state index contributed by atoms with van der Waals surface area (Å²) in [4.78, 5) is 2.16. The van der Waals surface area contributed by atoms with E-state index in [0.717, 1.165) is 18.7 Å². The summed E-state index contributed by atoms with van der Waals surface area (Å²) in [7, 11) is 4.12. The zero-order valence-electron chi connectivity index (χ0n) is 11.9. The van der Waals surface area contributed by atoms with Gasteiger partial charge in [-0.1, -0.05) is 37.0 Å². The fraction of sp³-hybridized carbons (Fsp3) is 0.571. The molecule has 0 aliphatic carbocycles. The van der Waals surface area contributed by atoms with Crippen LogP contribution < -0.4 is 5.32 Å². The quantitative estimate of drug-likeness (QED) is 0.846. The van der Waals surface area contributed by atoms with E-state index in [0.29, 0.717) is 11.6 Å². The Labute approximate surface area is 125 Å². The monoisotopic (exact) mass is 304 g/mol. The molecular weight excluding hydrogens is 283 g/mol. The third-order valence-electron chi connectivity index (χ3n) is 2.77. The van der Waals surface area contributed by atoms with Gasteiger partial charge in [-0.2, -0.15) is 0 Å². The average Bonchev–Trinajstić information content (AvgIpc) is 2.22. The van der Waals surface area contributed by atoms with Gasteiger partial charge in [-0.25, -0.2) is 0 Å². The molecule has 0 unspecified atom stereocenters. The zero-order chi connectivity index (χ0) is 14.6. The number of aromatic hydroxyl groups is 1. The Balaban J connectivity index is 2.58. The summed E-state index contributed by atoms with van der Waals surface area (Å²) in [6, 6.07) is 3.27. The third kappa shape index (κ3) is 5.57. The fourth-order valence-electron chi connectivity index (χ4n) is 2.20. The van der Waals surface area contributed by atoms with E-state index in [1.807, 2.05) is 0 Å². The topological polar surface area (TPSA) is 35.5 Å². The summed E-state index contributed by atoms with van der Waals surface area (Å²) >= 11 is 11.8. The number of nitrogens with one attached hydrogen (secondary N) is 1. The predicted molar refractivity (Wildman–Crippen MR) is 82.2 cm³/mol. The fourth-order valence-corrected chi connectivity index (χ4v) is 2.74. The second kappa shape index (κ2) is 6.80. The first-order valence-electron chi connectivity index (χ1n) is 6.23. The standard InChI is InChI=1S/C14H22Cl2N2O/c1-14(2,9-18(3)4)8-17-7-10-5-11(15)6-12(16)13(10)19/h5-6,17,19H,7-9H2,1-4H3. The van der Waals surface area contributed by atoms with Crippen molar-refractivity contribution < 1.29 is 5.11 Å². The molecule has 0 atom stereocenters. The van der Waals surface area contributed by atoms with Crippen molar-refractivity contribution in [3.05, 3.63) is 27.7 Å². The Morgan fingerprint density at radius 1 is 1.26 bits per heavy atom. The Kier molecular flexibility index (Phi) is 5.93. The van der Waals surface area contributed by atoms with E-state index >= 15 is 0 Å². The van der Waals surface area contributed by atoms with Crippen LogP contribution in [0.3, 0.4) is 0 Å². The number of nitrogens with zero attached hydrogens (tertiary/aromatic N) is 1. The molecule has 0 bridgehead atoms. The number of hydrogen-bond donors (Lipinski definition) is 2. The van der Waals surface area contributed by atoms with Crippen molar-refractivity contribution in [1.82, 2.24) is 10.2 Å². The molecule has 1 aromatic carbocycles. The van der Waals surface area contributed by atoms with Crippen molar-refractivity contribution in [3.63, 3.8) is 0 Å². The summed E-state index contributed by atoms with van der Waals surface area (Å²) in [6.45, 7) is 6.77. The van der Waals surface area contributed by atoms with Gasteiger partial charge in [0, 0.05) is 30.2 Å². The van der Waals surface area contributed by atoms with Crippen molar-refractivity contribution in [1.29, 1.82) is 0 Å². The van der Waals surface area contributed by atoms with Gasteiger partial charge in [-0.15, -0.1) is 0 Å². The molecule has 108 valence electrons. The lowest BCUT2D eigenvalue weighted by atomic mass is 9.93. The summed E-state index contributed by atoms with van der Waals surface area (Å²) < 4.78 is 0. The van der Waals surface area contributed by atoms with Crippen LogP contribution in [0.5, 0.6) is 5.75 Å². The maximum absolute atomic E-state index is 9.86. The minimum absolute atomic E-state index is 0.101. The molecular formula is C14H22Cl2N2O. The molecule has 0 radical (unpaired) electrons. The molecule has 1 aromatic rings. The van der Waals surface area contributed by atoms with Gasteiger partial charge in [0.25, 0.3) is 0 Å². The van der Waals surface area contributed by atoms with E-state index in [2.05, 4.69) is 38.2 Å². The van der Waals surface area contributed by atoms with E-state index in [-0.39, 0.29) is 16.2 Å². The summed E-state index contributed by atoms with van der Waals surface area (Å²) in [6.07, 6.45) is 0. The van der Waals surface area contributed by atoms with Crippen LogP contribution in [-0.2, 0) is 6.54 Å². The lowest BCUT2D eigenvalue weighted by molar-refractivity contribution is 0.232. The normalized spacial score (nSPS) is 12.2. The van der Waals surface area contributed by atoms with Crippen LogP contribution in [-0.4, -0.2) is 37.2 Å². The highest BCUT2D eigenvalue weighted by molar-refractivity contribution is 6.35. The minimum Gasteiger partial charge on any atom is -0.506 e. The van der Waals surface area contributed by atoms with Gasteiger partial charge in [0.1, 0.15) is 5.75 Å². The average molecular weight is 305 g/mol. The first-order chi connectivity index (χ1) is 8.71. The Morgan fingerprint density at radius 3 is 2.47 bits per heavy atom. The maximum atomic E-state index is 9.86. The van der Waals surface area contributed by atoms with Crippen molar-refractivity contribution in [2.24, 2.45) is 5.41 Å². The highest BCUT2D eigenvalue weighted by Crippen LogP contribution is 2.31. The van der Waals surface area contributed by atoms with Crippen LogP contribution in [0.25, 0.3) is 0 Å². The summed E-state index contributed by atoms with van der Waals surface area (Å²) in [5.41, 5.74) is 0.875. The molecule has 0 aliphatic heterocycles. The third-order valence-corrected chi connectivity index (χ3v) is 3.28. The molecule has 1 rings (SSSR count). The largest absolute Gasteiger partial charge is 0.506 e. The van der Waals surface area contributed by atoms with Crippen LogP contribution >= 0.6 is 23.2 Å². The molecule has 0 spiro atoms. The zero-order valence-corrected chi connectivity index (χ0v) is 13.4. The van der Waals surface area contributed by atoms with Crippen LogP contribution in [0.4, 0.5) is 0 Å². The highest BCUT2D eigenvalue weighted by Gasteiger charge is 2.18. The number of phenols is 1. The second-order valence-electron chi connectivity index (χ2n) is 5.90. The lowest BCUT2D eigenvalue weighted by Gasteiger charge is -2.28. The van der Waals surface area contributed by atoms with Gasteiger partial charge in [0.15, 0.2) is 0 Å². The molecule has 0 aliphatic rings. The summed E-state index contributed by atoms with van der Waals surface area (Å²) in [5.74, 6) is 0.101. The molecule has 0 saturated carbocycles. The number of rotatable bonds is 6. The number of hydrogen-bond acceptors (Lipinski definition) is 3. The smallest absolute Gasteiger partial charge is 0.138 e. The Bertz CT molecular complexity index is 434.